The average molecular weight is 378 g/mol. The van der Waals surface area contributed by atoms with E-state index in [-0.39, 0.29) is 17.4 Å². The molecule has 1 atom stereocenters. The van der Waals surface area contributed by atoms with Crippen LogP contribution in [-0.2, 0) is 4.79 Å². The third-order valence-corrected chi connectivity index (χ3v) is 3.67. The summed E-state index contributed by atoms with van der Waals surface area (Å²) in [4.78, 5) is 23.7. The van der Waals surface area contributed by atoms with Gasteiger partial charge in [-0.3, -0.25) is 4.79 Å². The summed E-state index contributed by atoms with van der Waals surface area (Å²) in [5.74, 6) is -0.795. The van der Waals surface area contributed by atoms with Gasteiger partial charge in [-0.25, -0.2) is 4.79 Å². The van der Waals surface area contributed by atoms with Crippen molar-refractivity contribution in [3.63, 3.8) is 0 Å². The molecule has 1 amide bonds. The first-order chi connectivity index (χ1) is 12.3. The summed E-state index contributed by atoms with van der Waals surface area (Å²) in [6, 6.07) is 11.1. The average Bonchev–Trinajstić information content (AvgIpc) is 2.57. The lowest BCUT2D eigenvalue weighted by atomic mass is 10.1. The van der Waals surface area contributed by atoms with Crippen LogP contribution in [0.4, 0.5) is 5.69 Å². The van der Waals surface area contributed by atoms with Crippen LogP contribution < -0.4 is 14.8 Å². The molecule has 2 rings (SSSR count). The number of aromatic carboxylic acids is 1. The van der Waals surface area contributed by atoms with Crippen molar-refractivity contribution >= 4 is 29.2 Å². The molecule has 2 N–H and O–H groups in total. The Kier molecular flexibility index (Phi) is 6.46. The molecule has 0 radical (unpaired) electrons. The smallest absolute Gasteiger partial charge is 0.335 e. The number of anilines is 1. The van der Waals surface area contributed by atoms with Crippen LogP contribution in [-0.4, -0.2) is 29.2 Å². The van der Waals surface area contributed by atoms with Crippen molar-refractivity contribution in [2.45, 2.75) is 33.0 Å². The SMILES string of the molecule is CC(C)Oc1ccc(C(=O)O)cc1NC(=O)C(C)Oc1ccccc1Cl. The van der Waals surface area contributed by atoms with Gasteiger partial charge in [-0.2, -0.15) is 0 Å². The van der Waals surface area contributed by atoms with E-state index in [4.69, 9.17) is 26.2 Å². The first kappa shape index (κ1) is 19.6. The number of para-hydroxylation sites is 1. The molecule has 26 heavy (non-hydrogen) atoms. The van der Waals surface area contributed by atoms with E-state index in [2.05, 4.69) is 5.32 Å². The van der Waals surface area contributed by atoms with Crippen LogP contribution in [0.2, 0.25) is 5.02 Å². The van der Waals surface area contributed by atoms with Crippen LogP contribution in [0.25, 0.3) is 0 Å². The van der Waals surface area contributed by atoms with Crippen molar-refractivity contribution in [3.05, 3.63) is 53.1 Å². The van der Waals surface area contributed by atoms with Gasteiger partial charge in [0.25, 0.3) is 5.91 Å². The second-order valence-electron chi connectivity index (χ2n) is 5.86. The van der Waals surface area contributed by atoms with Crippen molar-refractivity contribution in [1.82, 2.24) is 0 Å². The molecule has 0 aromatic heterocycles. The third-order valence-electron chi connectivity index (χ3n) is 3.36. The van der Waals surface area contributed by atoms with Crippen molar-refractivity contribution in [2.24, 2.45) is 0 Å². The molecule has 0 bridgehead atoms. The van der Waals surface area contributed by atoms with Crippen molar-refractivity contribution < 1.29 is 24.2 Å². The van der Waals surface area contributed by atoms with Crippen LogP contribution in [0.3, 0.4) is 0 Å². The van der Waals surface area contributed by atoms with Gasteiger partial charge < -0.3 is 19.9 Å². The predicted octanol–water partition coefficient (Wildman–Crippen LogP) is 4.23. The first-order valence-electron chi connectivity index (χ1n) is 8.04. The van der Waals surface area contributed by atoms with E-state index >= 15 is 0 Å². The fourth-order valence-corrected chi connectivity index (χ4v) is 2.32. The molecule has 0 saturated carbocycles. The largest absolute Gasteiger partial charge is 0.489 e. The molecular weight excluding hydrogens is 358 g/mol. The standard InChI is InChI=1S/C19H20ClNO5/c1-11(2)25-17-9-8-13(19(23)24)10-15(17)21-18(22)12(3)26-16-7-5-4-6-14(16)20/h4-12H,1-3H3,(H,21,22)(H,23,24). The van der Waals surface area contributed by atoms with Crippen molar-refractivity contribution in [3.8, 4) is 11.5 Å². The first-order valence-corrected chi connectivity index (χ1v) is 8.41. The molecule has 0 aliphatic carbocycles. The number of carbonyl (C=O) groups excluding carboxylic acids is 1. The molecule has 2 aromatic rings. The Hall–Kier alpha value is -2.73. The second kappa shape index (κ2) is 8.58. The van der Waals surface area contributed by atoms with E-state index in [9.17, 15) is 9.59 Å². The zero-order valence-corrected chi connectivity index (χ0v) is 15.4. The molecule has 7 heteroatoms. The minimum absolute atomic E-state index is 0.0380. The van der Waals surface area contributed by atoms with Gasteiger partial charge in [-0.05, 0) is 51.1 Å². The summed E-state index contributed by atoms with van der Waals surface area (Å²) >= 11 is 6.03. The molecule has 0 fully saturated rings. The molecule has 0 aliphatic rings. The maximum absolute atomic E-state index is 12.5. The van der Waals surface area contributed by atoms with Crippen LogP contribution in [0.1, 0.15) is 31.1 Å². The fraction of sp³-hybridized carbons (Fsp3) is 0.263. The quantitative estimate of drug-likeness (QED) is 0.754. The van der Waals surface area contributed by atoms with E-state index in [1.54, 1.807) is 31.2 Å². The Balaban J connectivity index is 2.19. The molecule has 1 unspecified atom stereocenters. The Morgan fingerprint density at radius 3 is 2.35 bits per heavy atom. The molecule has 0 heterocycles. The topological polar surface area (TPSA) is 84.9 Å². The Morgan fingerprint density at radius 1 is 1.04 bits per heavy atom. The maximum atomic E-state index is 12.5. The lowest BCUT2D eigenvalue weighted by Crippen LogP contribution is -2.30. The summed E-state index contributed by atoms with van der Waals surface area (Å²) in [7, 11) is 0. The summed E-state index contributed by atoms with van der Waals surface area (Å²) in [6.45, 7) is 5.24. The van der Waals surface area contributed by atoms with Gasteiger partial charge in [0.05, 0.1) is 22.4 Å². The van der Waals surface area contributed by atoms with E-state index in [0.29, 0.717) is 16.5 Å². The van der Waals surface area contributed by atoms with Gasteiger partial charge in [0.1, 0.15) is 11.5 Å². The lowest BCUT2D eigenvalue weighted by Gasteiger charge is -2.18. The monoisotopic (exact) mass is 377 g/mol. The van der Waals surface area contributed by atoms with Crippen LogP contribution in [0.15, 0.2) is 42.5 Å². The summed E-state index contributed by atoms with van der Waals surface area (Å²) in [5, 5.41) is 12.2. The Labute approximate surface area is 156 Å². The summed E-state index contributed by atoms with van der Waals surface area (Å²) < 4.78 is 11.2. The minimum Gasteiger partial charge on any atom is -0.489 e. The van der Waals surface area contributed by atoms with E-state index in [1.807, 2.05) is 13.8 Å². The predicted molar refractivity (Wildman–Crippen MR) is 99.3 cm³/mol. The molecule has 0 aliphatic heterocycles. The number of rotatable bonds is 7. The number of nitrogens with one attached hydrogen (secondary N) is 1. The summed E-state index contributed by atoms with van der Waals surface area (Å²) in [6.07, 6.45) is -0.992. The molecule has 138 valence electrons. The number of hydrogen-bond acceptors (Lipinski definition) is 4. The number of hydrogen-bond donors (Lipinski definition) is 2. The Bertz CT molecular complexity index is 806. The van der Waals surface area contributed by atoms with Crippen LogP contribution >= 0.6 is 11.6 Å². The number of halogens is 1. The zero-order chi connectivity index (χ0) is 19.3. The number of carboxylic acid groups (broad SMARTS) is 1. The summed E-state index contributed by atoms with van der Waals surface area (Å²) in [5.41, 5.74) is 0.300. The van der Waals surface area contributed by atoms with Gasteiger partial charge in [0, 0.05) is 0 Å². The molecular formula is C19H20ClNO5. The zero-order valence-electron chi connectivity index (χ0n) is 14.7. The van der Waals surface area contributed by atoms with E-state index < -0.39 is 18.0 Å². The van der Waals surface area contributed by atoms with Crippen LogP contribution in [0.5, 0.6) is 11.5 Å². The number of amides is 1. The normalized spacial score (nSPS) is 11.7. The number of carbonyl (C=O) groups is 2. The van der Waals surface area contributed by atoms with Crippen LogP contribution in [0, 0.1) is 0 Å². The number of ether oxygens (including phenoxy) is 2. The van der Waals surface area contributed by atoms with Crippen molar-refractivity contribution in [2.75, 3.05) is 5.32 Å². The molecule has 0 saturated heterocycles. The van der Waals surface area contributed by atoms with Gasteiger partial charge in [-0.1, -0.05) is 23.7 Å². The lowest BCUT2D eigenvalue weighted by molar-refractivity contribution is -0.122. The highest BCUT2D eigenvalue weighted by Gasteiger charge is 2.19. The molecule has 0 spiro atoms. The van der Waals surface area contributed by atoms with Crippen molar-refractivity contribution in [1.29, 1.82) is 0 Å². The van der Waals surface area contributed by atoms with Gasteiger partial charge in [-0.15, -0.1) is 0 Å². The molecule has 2 aromatic carbocycles. The van der Waals surface area contributed by atoms with E-state index in [1.165, 1.54) is 18.2 Å². The van der Waals surface area contributed by atoms with Gasteiger partial charge in [0.2, 0.25) is 0 Å². The maximum Gasteiger partial charge on any atom is 0.335 e. The van der Waals surface area contributed by atoms with Gasteiger partial charge >= 0.3 is 5.97 Å². The fourth-order valence-electron chi connectivity index (χ4n) is 2.14. The Morgan fingerprint density at radius 2 is 1.73 bits per heavy atom. The third kappa shape index (κ3) is 5.13. The minimum atomic E-state index is -1.10. The highest BCUT2D eigenvalue weighted by atomic mass is 35.5. The molecule has 6 nitrogen and oxygen atoms in total. The van der Waals surface area contributed by atoms with Gasteiger partial charge in [0.15, 0.2) is 6.10 Å². The highest BCUT2D eigenvalue weighted by Crippen LogP contribution is 2.28. The number of benzene rings is 2. The number of carboxylic acids is 1. The highest BCUT2D eigenvalue weighted by molar-refractivity contribution is 6.32. The second-order valence-corrected chi connectivity index (χ2v) is 6.27. The van der Waals surface area contributed by atoms with E-state index in [0.717, 1.165) is 0 Å².